The van der Waals surface area contributed by atoms with Gasteiger partial charge in [-0.05, 0) is 62.1 Å². The van der Waals surface area contributed by atoms with Crippen LogP contribution < -0.4 is 9.62 Å². The van der Waals surface area contributed by atoms with Crippen LogP contribution in [0, 0.1) is 20.8 Å². The predicted octanol–water partition coefficient (Wildman–Crippen LogP) is 5.06. The fourth-order valence-electron chi connectivity index (χ4n) is 4.19. The van der Waals surface area contributed by atoms with Crippen molar-refractivity contribution in [3.63, 3.8) is 0 Å². The molecule has 0 saturated heterocycles. The summed E-state index contributed by atoms with van der Waals surface area (Å²) in [5.74, 6) is -0.329. The average Bonchev–Trinajstić information content (AvgIpc) is 2.77. The summed E-state index contributed by atoms with van der Waals surface area (Å²) in [7, 11) is -3.85. The molecule has 6 heteroatoms. The van der Waals surface area contributed by atoms with Gasteiger partial charge in [0.1, 0.15) is 6.54 Å². The van der Waals surface area contributed by atoms with E-state index in [1.807, 2.05) is 57.2 Å². The quantitative estimate of drug-likeness (QED) is 0.594. The Morgan fingerprint density at radius 1 is 0.938 bits per heavy atom. The standard InChI is InChI=1S/C26H28N2O3S/c1-5-23(20-12-11-18(3)19(4)15-20)27-26(29)16-28-24-13-10-17(2)14-22(24)21-8-6-7-9-25(21)32(28,30)31/h6-15,23H,5,16H2,1-4H3,(H,27,29). The average molecular weight is 449 g/mol. The van der Waals surface area contributed by atoms with Crippen molar-refractivity contribution < 1.29 is 13.2 Å². The van der Waals surface area contributed by atoms with Gasteiger partial charge in [-0.25, -0.2) is 8.42 Å². The van der Waals surface area contributed by atoms with Crippen LogP contribution in [0.5, 0.6) is 0 Å². The molecule has 166 valence electrons. The van der Waals surface area contributed by atoms with Crippen LogP contribution in [0.25, 0.3) is 11.1 Å². The third-order valence-electron chi connectivity index (χ3n) is 6.13. The molecule has 1 amide bonds. The second kappa shape index (κ2) is 8.43. The van der Waals surface area contributed by atoms with Gasteiger partial charge in [-0.1, -0.05) is 55.0 Å². The minimum atomic E-state index is -3.85. The van der Waals surface area contributed by atoms with Gasteiger partial charge < -0.3 is 5.32 Å². The van der Waals surface area contributed by atoms with E-state index < -0.39 is 10.0 Å². The van der Waals surface area contributed by atoms with Crippen molar-refractivity contribution in [3.8, 4) is 11.1 Å². The highest BCUT2D eigenvalue weighted by molar-refractivity contribution is 7.93. The molecule has 1 atom stereocenters. The van der Waals surface area contributed by atoms with Crippen molar-refractivity contribution >= 4 is 21.6 Å². The highest BCUT2D eigenvalue weighted by atomic mass is 32.2. The van der Waals surface area contributed by atoms with Gasteiger partial charge in [-0.2, -0.15) is 0 Å². The Morgan fingerprint density at radius 3 is 2.41 bits per heavy atom. The highest BCUT2D eigenvalue weighted by Crippen LogP contribution is 2.43. The van der Waals surface area contributed by atoms with Crippen LogP contribution in [-0.4, -0.2) is 20.9 Å². The third kappa shape index (κ3) is 3.91. The lowest BCUT2D eigenvalue weighted by molar-refractivity contribution is -0.120. The summed E-state index contributed by atoms with van der Waals surface area (Å²) in [6.07, 6.45) is 0.708. The van der Waals surface area contributed by atoms with E-state index in [2.05, 4.69) is 18.3 Å². The molecule has 3 aromatic rings. The first-order valence-corrected chi connectivity index (χ1v) is 12.3. The third-order valence-corrected chi connectivity index (χ3v) is 7.95. The van der Waals surface area contributed by atoms with E-state index in [1.54, 1.807) is 18.2 Å². The smallest absolute Gasteiger partial charge is 0.265 e. The summed E-state index contributed by atoms with van der Waals surface area (Å²) in [5.41, 5.74) is 6.43. The number of nitrogens with zero attached hydrogens (tertiary/aromatic N) is 1. The van der Waals surface area contributed by atoms with E-state index in [0.717, 1.165) is 22.3 Å². The van der Waals surface area contributed by atoms with Gasteiger partial charge in [0, 0.05) is 11.1 Å². The topological polar surface area (TPSA) is 66.5 Å². The molecule has 1 unspecified atom stereocenters. The van der Waals surface area contributed by atoms with Crippen molar-refractivity contribution in [3.05, 3.63) is 82.9 Å². The summed E-state index contributed by atoms with van der Waals surface area (Å²) in [6.45, 7) is 7.81. The molecule has 1 aliphatic rings. The number of carbonyl (C=O) groups is 1. The number of rotatable bonds is 5. The van der Waals surface area contributed by atoms with Crippen molar-refractivity contribution in [2.75, 3.05) is 10.8 Å². The zero-order valence-corrected chi connectivity index (χ0v) is 19.7. The fraction of sp³-hybridized carbons (Fsp3) is 0.269. The van der Waals surface area contributed by atoms with Gasteiger partial charge >= 0.3 is 0 Å². The number of nitrogens with one attached hydrogen (secondary N) is 1. The maximum absolute atomic E-state index is 13.4. The molecule has 1 aliphatic heterocycles. The van der Waals surface area contributed by atoms with Crippen molar-refractivity contribution in [1.29, 1.82) is 0 Å². The molecule has 0 radical (unpaired) electrons. The van der Waals surface area contributed by atoms with Gasteiger partial charge in [-0.15, -0.1) is 0 Å². The number of carbonyl (C=O) groups excluding carboxylic acids is 1. The van der Waals surface area contributed by atoms with Crippen LogP contribution >= 0.6 is 0 Å². The van der Waals surface area contributed by atoms with E-state index in [9.17, 15) is 13.2 Å². The molecule has 32 heavy (non-hydrogen) atoms. The Balaban J connectivity index is 1.66. The molecular weight excluding hydrogens is 420 g/mol. The first-order chi connectivity index (χ1) is 15.2. The SMILES string of the molecule is CCC(NC(=O)CN1c2ccc(C)cc2-c2ccccc2S1(=O)=O)c1ccc(C)c(C)c1. The molecule has 0 aliphatic carbocycles. The number of sulfonamides is 1. The predicted molar refractivity (Wildman–Crippen MR) is 128 cm³/mol. The molecule has 1 N–H and O–H groups in total. The van der Waals surface area contributed by atoms with Crippen LogP contribution in [0.15, 0.2) is 65.6 Å². The number of hydrogen-bond acceptors (Lipinski definition) is 3. The van der Waals surface area contributed by atoms with E-state index in [4.69, 9.17) is 0 Å². The number of aryl methyl sites for hydroxylation is 3. The van der Waals surface area contributed by atoms with Gasteiger partial charge in [0.2, 0.25) is 5.91 Å². The molecule has 1 heterocycles. The summed E-state index contributed by atoms with van der Waals surface area (Å²) in [5, 5.41) is 3.04. The van der Waals surface area contributed by atoms with Crippen LogP contribution in [-0.2, 0) is 14.8 Å². The van der Waals surface area contributed by atoms with Crippen molar-refractivity contribution in [2.45, 2.75) is 45.1 Å². The Bertz CT molecular complexity index is 1300. The Labute approximate surface area is 190 Å². The fourth-order valence-corrected chi connectivity index (χ4v) is 5.84. The summed E-state index contributed by atoms with van der Waals surface area (Å²) in [4.78, 5) is 13.3. The molecule has 0 spiro atoms. The summed E-state index contributed by atoms with van der Waals surface area (Å²) < 4.78 is 28.1. The first kappa shape index (κ1) is 22.1. The van der Waals surface area contributed by atoms with Crippen LogP contribution in [0.3, 0.4) is 0 Å². The molecule has 3 aromatic carbocycles. The first-order valence-electron chi connectivity index (χ1n) is 10.8. The maximum atomic E-state index is 13.4. The Hall–Kier alpha value is -3.12. The summed E-state index contributed by atoms with van der Waals surface area (Å²) in [6, 6.07) is 18.5. The zero-order valence-electron chi connectivity index (χ0n) is 18.8. The number of amides is 1. The van der Waals surface area contributed by atoms with Gasteiger partial charge in [0.25, 0.3) is 10.0 Å². The number of anilines is 1. The maximum Gasteiger partial charge on any atom is 0.265 e. The van der Waals surface area contributed by atoms with Crippen LogP contribution in [0.2, 0.25) is 0 Å². The second-order valence-corrected chi connectivity index (χ2v) is 10.2. The number of hydrogen-bond donors (Lipinski definition) is 1. The van der Waals surface area contributed by atoms with E-state index >= 15 is 0 Å². The monoisotopic (exact) mass is 448 g/mol. The van der Waals surface area contributed by atoms with Gasteiger partial charge in [-0.3, -0.25) is 9.10 Å². The molecule has 5 nitrogen and oxygen atoms in total. The zero-order chi connectivity index (χ0) is 23.0. The van der Waals surface area contributed by atoms with Crippen molar-refractivity contribution in [2.24, 2.45) is 0 Å². The molecule has 4 rings (SSSR count). The number of benzene rings is 3. The van der Waals surface area contributed by atoms with E-state index in [-0.39, 0.29) is 23.4 Å². The van der Waals surface area contributed by atoms with E-state index in [0.29, 0.717) is 17.7 Å². The molecule has 0 saturated carbocycles. The summed E-state index contributed by atoms with van der Waals surface area (Å²) >= 11 is 0. The lowest BCUT2D eigenvalue weighted by Crippen LogP contribution is -2.43. The van der Waals surface area contributed by atoms with E-state index in [1.165, 1.54) is 9.87 Å². The minimum absolute atomic E-state index is 0.181. The molecule has 0 aromatic heterocycles. The largest absolute Gasteiger partial charge is 0.348 e. The highest BCUT2D eigenvalue weighted by Gasteiger charge is 2.36. The van der Waals surface area contributed by atoms with Gasteiger partial charge in [0.15, 0.2) is 0 Å². The minimum Gasteiger partial charge on any atom is -0.348 e. The second-order valence-electron chi connectivity index (χ2n) is 8.40. The number of fused-ring (bicyclic) bond motifs is 3. The van der Waals surface area contributed by atoms with Gasteiger partial charge in [0.05, 0.1) is 16.6 Å². The molecular formula is C26H28N2O3S. The lowest BCUT2D eigenvalue weighted by atomic mass is 9.99. The molecule has 0 fully saturated rings. The van der Waals surface area contributed by atoms with Crippen LogP contribution in [0.1, 0.15) is 41.6 Å². The Morgan fingerprint density at radius 2 is 1.69 bits per heavy atom. The van der Waals surface area contributed by atoms with Crippen LogP contribution in [0.4, 0.5) is 5.69 Å². The van der Waals surface area contributed by atoms with Crippen molar-refractivity contribution in [1.82, 2.24) is 5.32 Å². The Kier molecular flexibility index (Phi) is 5.82. The normalized spacial score (nSPS) is 14.9. The molecule has 0 bridgehead atoms. The lowest BCUT2D eigenvalue weighted by Gasteiger charge is -2.32.